The number of aromatic carboxylic acids is 1. The summed E-state index contributed by atoms with van der Waals surface area (Å²) in [5.41, 5.74) is 0. The third-order valence-corrected chi connectivity index (χ3v) is 4.59. The van der Waals surface area contributed by atoms with Crippen molar-refractivity contribution in [3.63, 3.8) is 0 Å². The molecule has 8 heteroatoms. The van der Waals surface area contributed by atoms with Gasteiger partial charge in [0.25, 0.3) is 0 Å². The number of hydrogen-bond acceptors (Lipinski definition) is 5. The predicted octanol–water partition coefficient (Wildman–Crippen LogP) is 1.33. The van der Waals surface area contributed by atoms with Gasteiger partial charge in [0, 0.05) is 19.7 Å². The van der Waals surface area contributed by atoms with Crippen LogP contribution in [-0.4, -0.2) is 50.1 Å². The van der Waals surface area contributed by atoms with Gasteiger partial charge >= 0.3 is 5.97 Å². The molecule has 0 fully saturated rings. The lowest BCUT2D eigenvalue weighted by Crippen LogP contribution is -2.31. The van der Waals surface area contributed by atoms with Crippen LogP contribution in [-0.2, 0) is 14.8 Å². The molecule has 1 rings (SSSR count). The molecule has 20 heavy (non-hydrogen) atoms. The number of ether oxygens (including phenoxy) is 1. The average Bonchev–Trinajstić information content (AvgIpc) is 2.71. The van der Waals surface area contributed by atoms with Crippen molar-refractivity contribution in [2.24, 2.45) is 0 Å². The Labute approximate surface area is 118 Å². The molecule has 1 aromatic heterocycles. The van der Waals surface area contributed by atoms with E-state index in [-0.39, 0.29) is 29.9 Å². The minimum Gasteiger partial charge on any atom is -0.475 e. The van der Waals surface area contributed by atoms with E-state index in [1.54, 1.807) is 0 Å². The molecule has 0 saturated carbocycles. The average molecular weight is 305 g/mol. The maximum Gasteiger partial charge on any atom is 0.371 e. The molecule has 0 aliphatic heterocycles. The molecule has 0 radical (unpaired) electrons. The molecular weight excluding hydrogens is 286 g/mol. The van der Waals surface area contributed by atoms with Gasteiger partial charge in [-0.05, 0) is 20.8 Å². The number of likely N-dealkylation sites (N-methyl/N-ethyl adjacent to an activating group) is 1. The molecule has 1 heterocycles. The number of carbonyl (C=O) groups is 1. The monoisotopic (exact) mass is 305 g/mol. The zero-order valence-corrected chi connectivity index (χ0v) is 12.7. The van der Waals surface area contributed by atoms with Gasteiger partial charge in [0.2, 0.25) is 15.8 Å². The minimum atomic E-state index is -3.78. The van der Waals surface area contributed by atoms with Gasteiger partial charge < -0.3 is 14.3 Å². The lowest BCUT2D eigenvalue weighted by atomic mass is 10.4. The van der Waals surface area contributed by atoms with E-state index < -0.39 is 21.8 Å². The molecule has 0 spiro atoms. The fraction of sp³-hybridized carbons (Fsp3) is 0.583. The first-order valence-corrected chi connectivity index (χ1v) is 7.52. The molecule has 0 atom stereocenters. The molecule has 1 aromatic rings. The quantitative estimate of drug-likeness (QED) is 0.816. The summed E-state index contributed by atoms with van der Waals surface area (Å²) in [5.74, 6) is -1.65. The zero-order valence-electron chi connectivity index (χ0n) is 11.9. The molecule has 114 valence electrons. The van der Waals surface area contributed by atoms with Crippen LogP contribution in [0.4, 0.5) is 0 Å². The Kier molecular flexibility index (Phi) is 5.32. The van der Waals surface area contributed by atoms with Gasteiger partial charge in [0.1, 0.15) is 10.7 Å². The number of sulfonamides is 1. The van der Waals surface area contributed by atoms with Crippen LogP contribution in [0.15, 0.2) is 15.4 Å². The van der Waals surface area contributed by atoms with Crippen molar-refractivity contribution < 1.29 is 27.5 Å². The van der Waals surface area contributed by atoms with Crippen LogP contribution in [0.2, 0.25) is 0 Å². The molecule has 0 aliphatic rings. The van der Waals surface area contributed by atoms with Gasteiger partial charge in [0.05, 0.1) is 12.7 Å². The van der Waals surface area contributed by atoms with Crippen LogP contribution in [0.3, 0.4) is 0 Å². The topological polar surface area (TPSA) is 97.0 Å². The fourth-order valence-corrected chi connectivity index (χ4v) is 2.84. The fourth-order valence-electron chi connectivity index (χ4n) is 1.53. The number of carboxylic acid groups (broad SMARTS) is 1. The lowest BCUT2D eigenvalue weighted by Gasteiger charge is -2.17. The first-order valence-electron chi connectivity index (χ1n) is 6.08. The lowest BCUT2D eigenvalue weighted by molar-refractivity contribution is 0.0660. The molecule has 0 aromatic carbocycles. The third kappa shape index (κ3) is 3.81. The number of nitrogens with zero attached hydrogens (tertiary/aromatic N) is 1. The standard InChI is InChI=1S/C12H19NO6S/c1-8(2)18-6-5-13(4)20(16,17)11-7-10(12(14)15)19-9(11)3/h7-8H,5-6H2,1-4H3,(H,14,15). The van der Waals surface area contributed by atoms with E-state index in [0.717, 1.165) is 10.4 Å². The summed E-state index contributed by atoms with van der Waals surface area (Å²) in [7, 11) is -2.38. The largest absolute Gasteiger partial charge is 0.475 e. The molecule has 0 unspecified atom stereocenters. The second-order valence-corrected chi connectivity index (χ2v) is 6.60. The van der Waals surface area contributed by atoms with Crippen LogP contribution in [0.25, 0.3) is 0 Å². The van der Waals surface area contributed by atoms with Crippen molar-refractivity contribution in [3.8, 4) is 0 Å². The summed E-state index contributed by atoms with van der Waals surface area (Å²) < 4.78 is 35.9. The third-order valence-electron chi connectivity index (χ3n) is 2.63. The minimum absolute atomic E-state index is 0.0142. The highest BCUT2D eigenvalue weighted by atomic mass is 32.2. The van der Waals surface area contributed by atoms with Crippen LogP contribution < -0.4 is 0 Å². The van der Waals surface area contributed by atoms with Crippen LogP contribution in [0.1, 0.15) is 30.2 Å². The van der Waals surface area contributed by atoms with Crippen molar-refractivity contribution in [1.29, 1.82) is 0 Å². The van der Waals surface area contributed by atoms with Crippen molar-refractivity contribution in [3.05, 3.63) is 17.6 Å². The van der Waals surface area contributed by atoms with Crippen molar-refractivity contribution >= 4 is 16.0 Å². The van der Waals surface area contributed by atoms with Gasteiger partial charge in [-0.2, -0.15) is 4.31 Å². The number of rotatable bonds is 7. The summed E-state index contributed by atoms with van der Waals surface area (Å²) in [6, 6.07) is 1.02. The number of aryl methyl sites for hydroxylation is 1. The Morgan fingerprint density at radius 1 is 1.50 bits per heavy atom. The number of hydrogen-bond donors (Lipinski definition) is 1. The Balaban J connectivity index is 2.90. The maximum atomic E-state index is 12.3. The van der Waals surface area contributed by atoms with Gasteiger partial charge in [0.15, 0.2) is 0 Å². The molecule has 0 amide bonds. The van der Waals surface area contributed by atoms with Crippen molar-refractivity contribution in [1.82, 2.24) is 4.31 Å². The summed E-state index contributed by atoms with van der Waals surface area (Å²) in [4.78, 5) is 10.7. The van der Waals surface area contributed by atoms with E-state index in [9.17, 15) is 13.2 Å². The molecular formula is C12H19NO6S. The van der Waals surface area contributed by atoms with E-state index in [0.29, 0.717) is 0 Å². The van der Waals surface area contributed by atoms with Crippen LogP contribution >= 0.6 is 0 Å². The van der Waals surface area contributed by atoms with Crippen molar-refractivity contribution in [2.45, 2.75) is 31.8 Å². The molecule has 1 N–H and O–H groups in total. The highest BCUT2D eigenvalue weighted by molar-refractivity contribution is 7.89. The second-order valence-electron chi connectivity index (χ2n) is 4.58. The summed E-state index contributed by atoms with van der Waals surface area (Å²) in [6.45, 7) is 5.56. The predicted molar refractivity (Wildman–Crippen MR) is 71.3 cm³/mol. The van der Waals surface area contributed by atoms with E-state index in [2.05, 4.69) is 0 Å². The van der Waals surface area contributed by atoms with E-state index in [4.69, 9.17) is 14.3 Å². The SMILES string of the molecule is Cc1oc(C(=O)O)cc1S(=O)(=O)N(C)CCOC(C)C. The Morgan fingerprint density at radius 2 is 2.10 bits per heavy atom. The Morgan fingerprint density at radius 3 is 2.55 bits per heavy atom. The smallest absolute Gasteiger partial charge is 0.371 e. The number of carboxylic acids is 1. The molecule has 0 bridgehead atoms. The molecule has 0 aliphatic carbocycles. The zero-order chi connectivity index (χ0) is 15.5. The first kappa shape index (κ1) is 16.7. The van der Waals surface area contributed by atoms with Gasteiger partial charge in [-0.15, -0.1) is 0 Å². The summed E-state index contributed by atoms with van der Waals surface area (Å²) in [5, 5.41) is 8.81. The summed E-state index contributed by atoms with van der Waals surface area (Å²) >= 11 is 0. The number of furan rings is 1. The van der Waals surface area contributed by atoms with Gasteiger partial charge in [-0.25, -0.2) is 13.2 Å². The Bertz CT molecular complexity index is 575. The van der Waals surface area contributed by atoms with E-state index in [1.165, 1.54) is 14.0 Å². The highest BCUT2D eigenvalue weighted by Crippen LogP contribution is 2.22. The van der Waals surface area contributed by atoms with Crippen LogP contribution in [0, 0.1) is 6.92 Å². The van der Waals surface area contributed by atoms with Gasteiger partial charge in [-0.3, -0.25) is 0 Å². The molecule has 0 saturated heterocycles. The van der Waals surface area contributed by atoms with Crippen molar-refractivity contribution in [2.75, 3.05) is 20.2 Å². The maximum absolute atomic E-state index is 12.3. The normalized spacial score (nSPS) is 12.3. The van der Waals surface area contributed by atoms with Gasteiger partial charge in [-0.1, -0.05) is 0 Å². The second kappa shape index (κ2) is 6.38. The Hall–Kier alpha value is -1.38. The van der Waals surface area contributed by atoms with E-state index >= 15 is 0 Å². The molecule has 7 nitrogen and oxygen atoms in total. The summed E-state index contributed by atoms with van der Waals surface area (Å²) in [6.07, 6.45) is 0.0142. The first-order chi connectivity index (χ1) is 9.16. The van der Waals surface area contributed by atoms with E-state index in [1.807, 2.05) is 13.8 Å². The highest BCUT2D eigenvalue weighted by Gasteiger charge is 2.27. The van der Waals surface area contributed by atoms with Crippen LogP contribution in [0.5, 0.6) is 0 Å².